The highest BCUT2D eigenvalue weighted by Crippen LogP contribution is 2.31. The van der Waals surface area contributed by atoms with Gasteiger partial charge in [0.1, 0.15) is 17.6 Å². The first-order valence-electron chi connectivity index (χ1n) is 12.0. The Kier molecular flexibility index (Phi) is 9.75. The molecule has 1 N–H and O–H groups in total. The minimum Gasteiger partial charge on any atom is -0.490 e. The first-order chi connectivity index (χ1) is 18.2. The van der Waals surface area contributed by atoms with E-state index in [1.165, 1.54) is 36.3 Å². The van der Waals surface area contributed by atoms with Gasteiger partial charge in [0, 0.05) is 36.7 Å². The van der Waals surface area contributed by atoms with Crippen LogP contribution in [0.1, 0.15) is 25.0 Å². The van der Waals surface area contributed by atoms with E-state index in [1.54, 1.807) is 18.2 Å². The van der Waals surface area contributed by atoms with E-state index in [1.807, 2.05) is 44.2 Å². The summed E-state index contributed by atoms with van der Waals surface area (Å²) in [5.74, 6) is -1.32. The number of amides is 2. The lowest BCUT2D eigenvalue weighted by Crippen LogP contribution is -2.53. The number of carbonyl (C=O) groups excluding carboxylic acids is 2. The number of benzene rings is 3. The van der Waals surface area contributed by atoms with Gasteiger partial charge in [0.05, 0.1) is 12.0 Å². The molecule has 0 aliphatic carbocycles. The third-order valence-electron chi connectivity index (χ3n) is 5.71. The number of nitrogens with zero attached hydrogens (tertiary/aromatic N) is 2. The molecule has 0 heterocycles. The molecule has 3 aromatic rings. The summed E-state index contributed by atoms with van der Waals surface area (Å²) in [7, 11) is 1.29. The zero-order valence-corrected chi connectivity index (χ0v) is 21.4. The van der Waals surface area contributed by atoms with Gasteiger partial charge in [-0.25, -0.2) is 4.39 Å². The van der Waals surface area contributed by atoms with E-state index in [4.69, 9.17) is 9.47 Å². The van der Waals surface area contributed by atoms with Gasteiger partial charge in [0.2, 0.25) is 11.7 Å². The minimum absolute atomic E-state index is 0.0265. The van der Waals surface area contributed by atoms with Crippen molar-refractivity contribution in [2.75, 3.05) is 13.7 Å². The second-order valence-electron chi connectivity index (χ2n) is 8.86. The average Bonchev–Trinajstić information content (AvgIpc) is 2.90. The number of ether oxygens (including phenoxy) is 2. The standard InChI is InChI=1S/C28H30FN3O6/c1-19(2)30-28(34)25(15-20-9-5-4-6-10-20)31(17-21-11-7-8-12-23(21)29)27(33)18-38-22-13-14-24(32(35)36)26(16-22)37-3/h4-14,16,19,25H,15,17-18H2,1-3H3,(H,30,34)/t25-/m1/s1. The zero-order valence-electron chi connectivity index (χ0n) is 21.4. The number of carbonyl (C=O) groups is 2. The van der Waals surface area contributed by atoms with Gasteiger partial charge in [-0.15, -0.1) is 0 Å². The number of hydrogen-bond acceptors (Lipinski definition) is 6. The smallest absolute Gasteiger partial charge is 0.311 e. The molecule has 3 aromatic carbocycles. The number of nitro benzene ring substituents is 1. The molecule has 0 bridgehead atoms. The van der Waals surface area contributed by atoms with Crippen molar-refractivity contribution in [2.45, 2.75) is 38.9 Å². The first-order valence-corrected chi connectivity index (χ1v) is 12.0. The molecule has 0 radical (unpaired) electrons. The maximum absolute atomic E-state index is 14.6. The van der Waals surface area contributed by atoms with Crippen LogP contribution in [0.15, 0.2) is 72.8 Å². The fourth-order valence-electron chi connectivity index (χ4n) is 3.87. The number of hydrogen-bond donors (Lipinski definition) is 1. The predicted octanol–water partition coefficient (Wildman–Crippen LogP) is 4.29. The van der Waals surface area contributed by atoms with Gasteiger partial charge in [-0.3, -0.25) is 19.7 Å². The normalized spacial score (nSPS) is 11.5. The van der Waals surface area contributed by atoms with Gasteiger partial charge >= 0.3 is 5.69 Å². The lowest BCUT2D eigenvalue weighted by atomic mass is 10.0. The molecular weight excluding hydrogens is 493 g/mol. The molecule has 0 saturated heterocycles. The number of halogens is 1. The molecular formula is C28H30FN3O6. The highest BCUT2D eigenvalue weighted by atomic mass is 19.1. The summed E-state index contributed by atoms with van der Waals surface area (Å²) in [6.45, 7) is 2.97. The predicted molar refractivity (Wildman–Crippen MR) is 139 cm³/mol. The third kappa shape index (κ3) is 7.52. The van der Waals surface area contributed by atoms with Crippen LogP contribution in [0.25, 0.3) is 0 Å². The molecule has 200 valence electrons. The highest BCUT2D eigenvalue weighted by Gasteiger charge is 2.31. The van der Waals surface area contributed by atoms with Crippen molar-refractivity contribution >= 4 is 17.5 Å². The molecule has 0 saturated carbocycles. The molecule has 0 fully saturated rings. The Bertz CT molecular complexity index is 1270. The molecule has 0 unspecified atom stereocenters. The van der Waals surface area contributed by atoms with Crippen molar-refractivity contribution < 1.29 is 28.4 Å². The Morgan fingerprint density at radius 3 is 2.37 bits per heavy atom. The lowest BCUT2D eigenvalue weighted by Gasteiger charge is -2.32. The Morgan fingerprint density at radius 2 is 1.74 bits per heavy atom. The number of methoxy groups -OCH3 is 1. The highest BCUT2D eigenvalue weighted by molar-refractivity contribution is 5.88. The van der Waals surface area contributed by atoms with Crippen LogP contribution >= 0.6 is 0 Å². The van der Waals surface area contributed by atoms with Gasteiger partial charge in [0.15, 0.2) is 6.61 Å². The second-order valence-corrected chi connectivity index (χ2v) is 8.86. The Morgan fingerprint density at radius 1 is 1.05 bits per heavy atom. The maximum Gasteiger partial charge on any atom is 0.311 e. The zero-order chi connectivity index (χ0) is 27.7. The van der Waals surface area contributed by atoms with Gasteiger partial charge < -0.3 is 19.7 Å². The first kappa shape index (κ1) is 28.1. The fraction of sp³-hybridized carbons (Fsp3) is 0.286. The molecule has 0 aliphatic heterocycles. The molecule has 38 heavy (non-hydrogen) atoms. The van der Waals surface area contributed by atoms with Gasteiger partial charge in [-0.05, 0) is 31.5 Å². The quantitative estimate of drug-likeness (QED) is 0.280. The van der Waals surface area contributed by atoms with E-state index in [9.17, 15) is 24.1 Å². The monoisotopic (exact) mass is 523 g/mol. The van der Waals surface area contributed by atoms with E-state index in [0.29, 0.717) is 0 Å². The van der Waals surface area contributed by atoms with Crippen LogP contribution < -0.4 is 14.8 Å². The van der Waals surface area contributed by atoms with E-state index in [2.05, 4.69) is 5.32 Å². The third-order valence-corrected chi connectivity index (χ3v) is 5.71. The molecule has 0 aromatic heterocycles. The average molecular weight is 524 g/mol. The van der Waals surface area contributed by atoms with Gasteiger partial charge in [-0.1, -0.05) is 48.5 Å². The summed E-state index contributed by atoms with van der Waals surface area (Å²) in [6, 6.07) is 18.0. The number of nitrogens with one attached hydrogen (secondary N) is 1. The molecule has 9 nitrogen and oxygen atoms in total. The minimum atomic E-state index is -0.957. The molecule has 3 rings (SSSR count). The Hall–Kier alpha value is -4.47. The van der Waals surface area contributed by atoms with Crippen molar-refractivity contribution in [1.82, 2.24) is 10.2 Å². The summed E-state index contributed by atoms with van der Waals surface area (Å²) in [6.07, 6.45) is 0.199. The summed E-state index contributed by atoms with van der Waals surface area (Å²) in [5.41, 5.74) is 0.817. The SMILES string of the molecule is COc1cc(OCC(=O)N(Cc2ccccc2F)[C@H](Cc2ccccc2)C(=O)NC(C)C)ccc1[N+](=O)[O-]. The van der Waals surface area contributed by atoms with Gasteiger partial charge in [0.25, 0.3) is 5.91 Å². The summed E-state index contributed by atoms with van der Waals surface area (Å²) in [5, 5.41) is 14.0. The largest absolute Gasteiger partial charge is 0.490 e. The van der Waals surface area contributed by atoms with E-state index < -0.39 is 29.3 Å². The van der Waals surface area contributed by atoms with Crippen LogP contribution in [0.4, 0.5) is 10.1 Å². The van der Waals surface area contributed by atoms with Crippen LogP contribution in [0.3, 0.4) is 0 Å². The van der Waals surface area contributed by atoms with Crippen LogP contribution in [0, 0.1) is 15.9 Å². The van der Waals surface area contributed by atoms with Crippen molar-refractivity contribution in [3.63, 3.8) is 0 Å². The summed E-state index contributed by atoms with van der Waals surface area (Å²) >= 11 is 0. The fourth-order valence-corrected chi connectivity index (χ4v) is 3.87. The van der Waals surface area contributed by atoms with Crippen molar-refractivity contribution in [3.8, 4) is 11.5 Å². The summed E-state index contributed by atoms with van der Waals surface area (Å²) < 4.78 is 25.3. The molecule has 0 spiro atoms. The van der Waals surface area contributed by atoms with Crippen molar-refractivity contribution in [2.24, 2.45) is 0 Å². The van der Waals surface area contributed by atoms with E-state index in [0.717, 1.165) is 5.56 Å². The van der Waals surface area contributed by atoms with E-state index in [-0.39, 0.29) is 47.7 Å². The Labute approximate surface area is 220 Å². The van der Waals surface area contributed by atoms with Crippen LogP contribution in [-0.4, -0.2) is 47.4 Å². The number of nitro groups is 1. The van der Waals surface area contributed by atoms with Crippen molar-refractivity contribution in [1.29, 1.82) is 0 Å². The summed E-state index contributed by atoms with van der Waals surface area (Å²) in [4.78, 5) is 38.7. The van der Waals surface area contributed by atoms with Crippen molar-refractivity contribution in [3.05, 3.63) is 99.9 Å². The topological polar surface area (TPSA) is 111 Å². The van der Waals surface area contributed by atoms with Crippen LogP contribution in [-0.2, 0) is 22.6 Å². The second kappa shape index (κ2) is 13.2. The maximum atomic E-state index is 14.6. The molecule has 10 heteroatoms. The van der Waals surface area contributed by atoms with E-state index >= 15 is 0 Å². The lowest BCUT2D eigenvalue weighted by molar-refractivity contribution is -0.385. The van der Waals surface area contributed by atoms with Crippen LogP contribution in [0.2, 0.25) is 0 Å². The number of rotatable bonds is 12. The van der Waals surface area contributed by atoms with Crippen LogP contribution in [0.5, 0.6) is 11.5 Å². The molecule has 1 atom stereocenters. The molecule has 0 aliphatic rings. The van der Waals surface area contributed by atoms with Gasteiger partial charge in [-0.2, -0.15) is 0 Å². The molecule has 2 amide bonds. The Balaban J connectivity index is 1.92.